The molecule has 9 heteroatoms. The molecule has 9 nitrogen and oxygen atoms in total. The first-order valence-electron chi connectivity index (χ1n) is 6.47. The van der Waals surface area contributed by atoms with Crippen molar-refractivity contribution >= 4 is 23.0 Å². The predicted octanol–water partition coefficient (Wildman–Crippen LogP) is -0.634. The summed E-state index contributed by atoms with van der Waals surface area (Å²) in [6.45, 7) is 2.09. The maximum absolute atomic E-state index is 12.1. The molecule has 2 aromatic rings. The maximum Gasteiger partial charge on any atom is 0.321 e. The minimum absolute atomic E-state index is 0.282. The number of carbonyl (C=O) groups is 2. The number of aromatic nitrogens is 4. The van der Waals surface area contributed by atoms with E-state index in [0.717, 1.165) is 11.0 Å². The molecule has 0 saturated carbocycles. The Labute approximate surface area is 120 Å². The van der Waals surface area contributed by atoms with Crippen molar-refractivity contribution in [1.29, 1.82) is 0 Å². The zero-order valence-electron chi connectivity index (χ0n) is 11.8. The molecule has 21 heavy (non-hydrogen) atoms. The first-order chi connectivity index (χ1) is 10.0. The van der Waals surface area contributed by atoms with Crippen molar-refractivity contribution in [3.63, 3.8) is 0 Å². The van der Waals surface area contributed by atoms with Crippen LogP contribution in [0.5, 0.6) is 0 Å². The molecule has 2 heterocycles. The van der Waals surface area contributed by atoms with Gasteiger partial charge in [0, 0.05) is 13.6 Å². The van der Waals surface area contributed by atoms with Crippen molar-refractivity contribution in [2.75, 3.05) is 6.54 Å². The van der Waals surface area contributed by atoms with Crippen LogP contribution in [-0.4, -0.2) is 37.8 Å². The molecule has 0 spiro atoms. The van der Waals surface area contributed by atoms with E-state index in [1.165, 1.54) is 17.2 Å². The summed E-state index contributed by atoms with van der Waals surface area (Å²) in [7, 11) is 1.67. The molecule has 0 fully saturated rings. The Kier molecular flexibility index (Phi) is 4.31. The molecule has 2 rings (SSSR count). The van der Waals surface area contributed by atoms with Crippen molar-refractivity contribution in [3.8, 4) is 0 Å². The lowest BCUT2D eigenvalue weighted by Crippen LogP contribution is -2.42. The van der Waals surface area contributed by atoms with Gasteiger partial charge < -0.3 is 5.32 Å². The summed E-state index contributed by atoms with van der Waals surface area (Å²) >= 11 is 0. The number of nitrogens with one attached hydrogen (secondary N) is 2. The second-order valence-corrected chi connectivity index (χ2v) is 4.49. The van der Waals surface area contributed by atoms with Gasteiger partial charge in [0.15, 0.2) is 5.65 Å². The van der Waals surface area contributed by atoms with Gasteiger partial charge in [0.05, 0.1) is 6.20 Å². The number of nitrogens with zero attached hydrogens (tertiary/aromatic N) is 4. The van der Waals surface area contributed by atoms with Crippen LogP contribution in [0.25, 0.3) is 11.0 Å². The summed E-state index contributed by atoms with van der Waals surface area (Å²) in [6, 6.07) is -0.578. The molecule has 0 radical (unpaired) electrons. The number of urea groups is 1. The summed E-state index contributed by atoms with van der Waals surface area (Å²) in [4.78, 5) is 39.2. The van der Waals surface area contributed by atoms with E-state index < -0.39 is 11.9 Å². The molecule has 0 aromatic carbocycles. The molecule has 2 N–H and O–H groups in total. The second kappa shape index (κ2) is 6.16. The Morgan fingerprint density at radius 2 is 2.14 bits per heavy atom. The van der Waals surface area contributed by atoms with Crippen molar-refractivity contribution in [2.45, 2.75) is 19.9 Å². The number of rotatable bonds is 4. The van der Waals surface area contributed by atoms with E-state index in [-0.39, 0.29) is 12.1 Å². The number of amides is 3. The molecular weight excluding hydrogens is 276 g/mol. The lowest BCUT2D eigenvalue weighted by Gasteiger charge is -2.07. The zero-order chi connectivity index (χ0) is 15.4. The maximum atomic E-state index is 12.1. The van der Waals surface area contributed by atoms with Gasteiger partial charge in [-0.25, -0.2) is 9.78 Å². The highest BCUT2D eigenvalue weighted by Crippen LogP contribution is 2.02. The Hall–Kier alpha value is -2.71. The van der Waals surface area contributed by atoms with Gasteiger partial charge in [0.1, 0.15) is 18.3 Å². The van der Waals surface area contributed by atoms with Gasteiger partial charge in [0.25, 0.3) is 5.56 Å². The summed E-state index contributed by atoms with van der Waals surface area (Å²) in [5.41, 5.74) is 0.0644. The number of imide groups is 1. The minimum atomic E-state index is -0.587. The first kappa shape index (κ1) is 14.7. The topological polar surface area (TPSA) is 111 Å². The Morgan fingerprint density at radius 3 is 2.86 bits per heavy atom. The van der Waals surface area contributed by atoms with E-state index in [0.29, 0.717) is 17.6 Å². The summed E-state index contributed by atoms with van der Waals surface area (Å²) in [6.07, 6.45) is 3.42. The fraction of sp³-hybridized carbons (Fsp3) is 0.417. The van der Waals surface area contributed by atoms with E-state index in [4.69, 9.17) is 0 Å². The summed E-state index contributed by atoms with van der Waals surface area (Å²) < 4.78 is 2.60. The van der Waals surface area contributed by atoms with Crippen molar-refractivity contribution in [2.24, 2.45) is 7.05 Å². The van der Waals surface area contributed by atoms with E-state index in [1.807, 2.05) is 6.92 Å². The highest BCUT2D eigenvalue weighted by atomic mass is 16.2. The first-order valence-corrected chi connectivity index (χ1v) is 6.47. The minimum Gasteiger partial charge on any atom is -0.338 e. The standard InChI is InChI=1S/C12H16N6O3/c1-3-4-13-12(21)16-9(19)6-18-7-14-10-8(11(18)20)5-15-17(10)2/h5,7H,3-4,6H2,1-2H3,(H2,13,16,19,21). The molecule has 0 aliphatic carbocycles. The lowest BCUT2D eigenvalue weighted by molar-refractivity contribution is -0.120. The van der Waals surface area contributed by atoms with Gasteiger partial charge in [-0.05, 0) is 6.42 Å². The molecule has 0 bridgehead atoms. The van der Waals surface area contributed by atoms with E-state index in [2.05, 4.69) is 20.7 Å². The average molecular weight is 292 g/mol. The van der Waals surface area contributed by atoms with Crippen molar-refractivity contribution in [1.82, 2.24) is 30.0 Å². The highest BCUT2D eigenvalue weighted by Gasteiger charge is 2.12. The smallest absolute Gasteiger partial charge is 0.321 e. The van der Waals surface area contributed by atoms with Gasteiger partial charge in [0.2, 0.25) is 5.91 Å². The number of aryl methyl sites for hydroxylation is 1. The van der Waals surface area contributed by atoms with Crippen LogP contribution < -0.4 is 16.2 Å². The van der Waals surface area contributed by atoms with Gasteiger partial charge in [-0.2, -0.15) is 5.10 Å². The molecular formula is C12H16N6O3. The van der Waals surface area contributed by atoms with Gasteiger partial charge >= 0.3 is 6.03 Å². The second-order valence-electron chi connectivity index (χ2n) is 4.49. The number of hydrogen-bond donors (Lipinski definition) is 2. The van der Waals surface area contributed by atoms with Crippen LogP contribution in [0.4, 0.5) is 4.79 Å². The molecule has 0 unspecified atom stereocenters. The van der Waals surface area contributed by atoms with Crippen LogP contribution >= 0.6 is 0 Å². The quantitative estimate of drug-likeness (QED) is 0.779. The van der Waals surface area contributed by atoms with Crippen LogP contribution in [0.1, 0.15) is 13.3 Å². The summed E-state index contributed by atoms with van der Waals surface area (Å²) in [5.74, 6) is -0.587. The highest BCUT2D eigenvalue weighted by molar-refractivity contribution is 5.94. The van der Waals surface area contributed by atoms with E-state index >= 15 is 0 Å². The third-order valence-electron chi connectivity index (χ3n) is 2.82. The van der Waals surface area contributed by atoms with Gasteiger partial charge in [-0.1, -0.05) is 6.92 Å². The van der Waals surface area contributed by atoms with Crippen LogP contribution in [0.3, 0.4) is 0 Å². The molecule has 0 atom stereocenters. The normalized spacial score (nSPS) is 10.6. The Morgan fingerprint density at radius 1 is 1.38 bits per heavy atom. The molecule has 0 saturated heterocycles. The van der Waals surface area contributed by atoms with Crippen molar-refractivity contribution < 1.29 is 9.59 Å². The van der Waals surface area contributed by atoms with Crippen LogP contribution in [0.2, 0.25) is 0 Å². The third-order valence-corrected chi connectivity index (χ3v) is 2.82. The molecule has 0 aliphatic rings. The predicted molar refractivity (Wildman–Crippen MR) is 74.6 cm³/mol. The molecule has 2 aromatic heterocycles. The van der Waals surface area contributed by atoms with Crippen molar-refractivity contribution in [3.05, 3.63) is 22.9 Å². The molecule has 3 amide bonds. The van der Waals surface area contributed by atoms with E-state index in [9.17, 15) is 14.4 Å². The van der Waals surface area contributed by atoms with Crippen LogP contribution in [0.15, 0.2) is 17.3 Å². The zero-order valence-corrected chi connectivity index (χ0v) is 11.8. The Bertz CT molecular complexity index is 732. The fourth-order valence-electron chi connectivity index (χ4n) is 1.78. The number of fused-ring (bicyclic) bond motifs is 1. The fourth-order valence-corrected chi connectivity index (χ4v) is 1.78. The average Bonchev–Trinajstić information content (AvgIpc) is 2.82. The summed E-state index contributed by atoms with van der Waals surface area (Å²) in [5, 5.41) is 8.91. The SMILES string of the molecule is CCCNC(=O)NC(=O)Cn1cnc2c(cnn2C)c1=O. The van der Waals surface area contributed by atoms with Crippen LogP contribution in [-0.2, 0) is 18.4 Å². The van der Waals surface area contributed by atoms with E-state index in [1.54, 1.807) is 7.05 Å². The number of carbonyl (C=O) groups excluding carboxylic acids is 2. The molecule has 112 valence electrons. The Balaban J connectivity index is 2.09. The largest absolute Gasteiger partial charge is 0.338 e. The monoisotopic (exact) mass is 292 g/mol. The van der Waals surface area contributed by atoms with Crippen LogP contribution in [0, 0.1) is 0 Å². The van der Waals surface area contributed by atoms with Gasteiger partial charge in [-0.3, -0.25) is 24.2 Å². The van der Waals surface area contributed by atoms with Gasteiger partial charge in [-0.15, -0.1) is 0 Å². The lowest BCUT2D eigenvalue weighted by atomic mass is 10.4. The third kappa shape index (κ3) is 3.25. The molecule has 0 aliphatic heterocycles. The number of hydrogen-bond acceptors (Lipinski definition) is 5.